The van der Waals surface area contributed by atoms with Crippen LogP contribution in [0.2, 0.25) is 0 Å². The van der Waals surface area contributed by atoms with E-state index in [2.05, 4.69) is 4.37 Å². The highest BCUT2D eigenvalue weighted by atomic mass is 32.1. The molecule has 0 bridgehead atoms. The van der Waals surface area contributed by atoms with E-state index in [1.807, 2.05) is 0 Å². The summed E-state index contributed by atoms with van der Waals surface area (Å²) in [5.74, 6) is 0. The lowest BCUT2D eigenvalue weighted by molar-refractivity contribution is 0.153. The maximum Gasteiger partial charge on any atom is 0.265 e. The van der Waals surface area contributed by atoms with Gasteiger partial charge >= 0.3 is 0 Å². The van der Waals surface area contributed by atoms with E-state index in [4.69, 9.17) is 0 Å². The van der Waals surface area contributed by atoms with Crippen molar-refractivity contribution in [1.82, 2.24) is 4.37 Å². The normalized spacial score (nSPS) is 11.3. The van der Waals surface area contributed by atoms with E-state index in [1.165, 1.54) is 18.2 Å². The van der Waals surface area contributed by atoms with Crippen molar-refractivity contribution in [3.8, 4) is 0 Å². The van der Waals surface area contributed by atoms with Gasteiger partial charge in [0.05, 0.1) is 10.1 Å². The van der Waals surface area contributed by atoms with Crippen molar-refractivity contribution in [1.29, 1.82) is 0 Å². The van der Waals surface area contributed by atoms with E-state index < -0.39 is 6.43 Å². The Kier molecular flexibility index (Phi) is 1.88. The van der Waals surface area contributed by atoms with Gasteiger partial charge in [-0.15, -0.1) is 0 Å². The molecule has 2 aromatic rings. The first kappa shape index (κ1) is 8.37. The largest absolute Gasteiger partial charge is 0.277 e. The van der Waals surface area contributed by atoms with Crippen LogP contribution in [0, 0.1) is 0 Å². The first-order valence-corrected chi connectivity index (χ1v) is 4.40. The summed E-state index contributed by atoms with van der Waals surface area (Å²) in [6.45, 7) is 0. The van der Waals surface area contributed by atoms with Gasteiger partial charge in [-0.1, -0.05) is 23.7 Å². The molecule has 0 aliphatic carbocycles. The highest BCUT2D eigenvalue weighted by molar-refractivity contribution is 7.13. The number of aromatic amines is 1. The lowest BCUT2D eigenvalue weighted by atomic mass is 10.2. The van der Waals surface area contributed by atoms with Gasteiger partial charge in [0.15, 0.2) is 0 Å². The predicted octanol–water partition coefficient (Wildman–Crippen LogP) is 2.53. The lowest BCUT2D eigenvalue weighted by Crippen LogP contribution is -1.96. The number of fused-ring (bicyclic) bond motifs is 1. The molecular formula is C8H5F2NOS. The van der Waals surface area contributed by atoms with Crippen LogP contribution in [-0.4, -0.2) is 4.37 Å². The number of hydrogen-bond donors (Lipinski definition) is 1. The van der Waals surface area contributed by atoms with Crippen molar-refractivity contribution in [2.45, 2.75) is 6.43 Å². The minimum absolute atomic E-state index is 0.0825. The molecule has 0 saturated heterocycles. The summed E-state index contributed by atoms with van der Waals surface area (Å²) in [6, 6.07) is 4.33. The second kappa shape index (κ2) is 2.92. The molecule has 0 amide bonds. The highest BCUT2D eigenvalue weighted by Gasteiger charge is 2.13. The molecule has 0 fully saturated rings. The molecule has 0 unspecified atom stereocenters. The minimum atomic E-state index is -2.53. The third-order valence-corrected chi connectivity index (χ3v) is 2.72. The second-order valence-corrected chi connectivity index (χ2v) is 3.37. The Bertz CT molecular complexity index is 488. The third-order valence-electron chi connectivity index (χ3n) is 1.77. The second-order valence-electron chi connectivity index (χ2n) is 2.56. The van der Waals surface area contributed by atoms with Gasteiger partial charge in [0, 0.05) is 5.56 Å². The van der Waals surface area contributed by atoms with Crippen LogP contribution in [0.25, 0.3) is 10.1 Å². The zero-order chi connectivity index (χ0) is 9.42. The Morgan fingerprint density at radius 3 is 2.85 bits per heavy atom. The molecule has 0 saturated carbocycles. The Morgan fingerprint density at radius 2 is 2.15 bits per heavy atom. The molecule has 2 rings (SSSR count). The van der Waals surface area contributed by atoms with E-state index in [0.29, 0.717) is 10.1 Å². The number of hydrogen-bond acceptors (Lipinski definition) is 2. The van der Waals surface area contributed by atoms with E-state index in [9.17, 15) is 13.6 Å². The molecule has 13 heavy (non-hydrogen) atoms. The Labute approximate surface area is 76.0 Å². The van der Waals surface area contributed by atoms with Crippen molar-refractivity contribution in [2.75, 3.05) is 0 Å². The van der Waals surface area contributed by atoms with E-state index >= 15 is 0 Å². The minimum Gasteiger partial charge on any atom is -0.277 e. The van der Waals surface area contributed by atoms with Crippen LogP contribution in [-0.2, 0) is 0 Å². The van der Waals surface area contributed by atoms with Crippen LogP contribution in [0.3, 0.4) is 0 Å². The van der Waals surface area contributed by atoms with Gasteiger partial charge < -0.3 is 0 Å². The molecule has 2 nitrogen and oxygen atoms in total. The average Bonchev–Trinajstić information content (AvgIpc) is 2.48. The summed E-state index contributed by atoms with van der Waals surface area (Å²) < 4.78 is 27.6. The quantitative estimate of drug-likeness (QED) is 0.755. The zero-order valence-electron chi connectivity index (χ0n) is 6.38. The van der Waals surface area contributed by atoms with Gasteiger partial charge in [-0.3, -0.25) is 9.17 Å². The van der Waals surface area contributed by atoms with Crippen molar-refractivity contribution >= 4 is 21.6 Å². The van der Waals surface area contributed by atoms with Gasteiger partial charge in [-0.2, -0.15) is 0 Å². The maximum absolute atomic E-state index is 12.4. The van der Waals surface area contributed by atoms with Crippen molar-refractivity contribution in [3.05, 3.63) is 34.1 Å². The molecule has 0 aliphatic heterocycles. The first-order chi connectivity index (χ1) is 6.20. The summed E-state index contributed by atoms with van der Waals surface area (Å²) in [4.78, 5) is 11.1. The summed E-state index contributed by atoms with van der Waals surface area (Å²) >= 11 is 0.951. The zero-order valence-corrected chi connectivity index (χ0v) is 7.20. The van der Waals surface area contributed by atoms with Crippen LogP contribution < -0.4 is 5.56 Å². The molecule has 1 N–H and O–H groups in total. The van der Waals surface area contributed by atoms with E-state index in [-0.39, 0.29) is 11.1 Å². The number of aromatic nitrogens is 1. The molecule has 0 atom stereocenters. The Hall–Kier alpha value is -1.23. The molecular weight excluding hydrogens is 196 g/mol. The van der Waals surface area contributed by atoms with Gasteiger partial charge in [-0.05, 0) is 6.07 Å². The van der Waals surface area contributed by atoms with Crippen molar-refractivity contribution in [3.63, 3.8) is 0 Å². The van der Waals surface area contributed by atoms with E-state index in [1.54, 1.807) is 0 Å². The Balaban J connectivity index is 2.84. The molecule has 1 aromatic heterocycles. The summed E-state index contributed by atoms with van der Waals surface area (Å²) in [5.41, 5.74) is -0.386. The topological polar surface area (TPSA) is 32.9 Å². The van der Waals surface area contributed by atoms with Gasteiger partial charge in [-0.25, -0.2) is 8.78 Å². The van der Waals surface area contributed by atoms with Gasteiger partial charge in [0.25, 0.3) is 12.0 Å². The smallest absolute Gasteiger partial charge is 0.265 e. The van der Waals surface area contributed by atoms with Crippen LogP contribution in [0.5, 0.6) is 0 Å². The molecule has 68 valence electrons. The number of nitrogens with one attached hydrogen (secondary N) is 1. The number of alkyl halides is 2. The lowest BCUT2D eigenvalue weighted by Gasteiger charge is -1.98. The van der Waals surface area contributed by atoms with Crippen LogP contribution in [0.4, 0.5) is 8.78 Å². The summed E-state index contributed by atoms with van der Waals surface area (Å²) in [6.07, 6.45) is -2.53. The molecule has 0 spiro atoms. The predicted molar refractivity (Wildman–Crippen MR) is 47.4 cm³/mol. The van der Waals surface area contributed by atoms with Crippen molar-refractivity contribution in [2.24, 2.45) is 0 Å². The fourth-order valence-corrected chi connectivity index (χ4v) is 2.02. The summed E-state index contributed by atoms with van der Waals surface area (Å²) in [7, 11) is 0. The molecule has 1 heterocycles. The SMILES string of the molecule is O=c1[nH]sc2c(C(F)F)cccc12. The molecule has 0 aliphatic rings. The van der Waals surface area contributed by atoms with E-state index in [0.717, 1.165) is 11.5 Å². The number of benzene rings is 1. The maximum atomic E-state index is 12.4. The highest BCUT2D eigenvalue weighted by Crippen LogP contribution is 2.27. The average molecular weight is 201 g/mol. The number of halogens is 2. The Morgan fingerprint density at radius 1 is 1.38 bits per heavy atom. The molecule has 1 aromatic carbocycles. The fourth-order valence-electron chi connectivity index (χ4n) is 1.17. The standard InChI is InChI=1S/C8H5F2NOS/c9-7(10)4-2-1-3-5-6(4)13-11-8(5)12/h1-3,7H,(H,11,12). The number of rotatable bonds is 1. The number of H-pyrrole nitrogens is 1. The first-order valence-electron chi connectivity index (χ1n) is 3.58. The third kappa shape index (κ3) is 1.25. The van der Waals surface area contributed by atoms with Crippen molar-refractivity contribution < 1.29 is 8.78 Å². The fraction of sp³-hybridized carbons (Fsp3) is 0.125. The van der Waals surface area contributed by atoms with Gasteiger partial charge in [0.1, 0.15) is 0 Å². The molecule has 5 heteroatoms. The van der Waals surface area contributed by atoms with Crippen LogP contribution in [0.1, 0.15) is 12.0 Å². The van der Waals surface area contributed by atoms with Gasteiger partial charge in [0.2, 0.25) is 0 Å². The molecule has 0 radical (unpaired) electrons. The van der Waals surface area contributed by atoms with Crippen LogP contribution >= 0.6 is 11.5 Å². The monoisotopic (exact) mass is 201 g/mol. The summed E-state index contributed by atoms with van der Waals surface area (Å²) in [5, 5.41) is 0.336. The van der Waals surface area contributed by atoms with Crippen LogP contribution in [0.15, 0.2) is 23.0 Å².